The van der Waals surface area contributed by atoms with Crippen LogP contribution in [0.5, 0.6) is 11.5 Å². The summed E-state index contributed by atoms with van der Waals surface area (Å²) in [7, 11) is 0. The number of amides is 1. The van der Waals surface area contributed by atoms with Crippen LogP contribution in [0.2, 0.25) is 0 Å². The largest absolute Gasteiger partial charge is 0.481 e. The molecule has 8 heteroatoms. The molecular formula is C28H43N3O5. The van der Waals surface area contributed by atoms with Gasteiger partial charge in [0.25, 0.3) is 0 Å². The maximum Gasteiger partial charge on any atom is 0.308 e. The van der Waals surface area contributed by atoms with E-state index in [1.165, 1.54) is 0 Å². The van der Waals surface area contributed by atoms with Crippen LogP contribution in [0, 0.1) is 11.3 Å². The minimum Gasteiger partial charge on any atom is -0.481 e. The SMILES string of the molecule is CC=CC(C)(C)C[C@H]1[C@H](C(=O)O)[C@@H](c2ccc3c(c2)OCO3)CN1CC(=O)N(CCCC)CCCN. The maximum absolute atomic E-state index is 13.5. The number of rotatable bonds is 13. The molecule has 0 aliphatic carbocycles. The van der Waals surface area contributed by atoms with E-state index in [9.17, 15) is 14.7 Å². The van der Waals surface area contributed by atoms with Crippen molar-refractivity contribution in [2.45, 2.75) is 65.3 Å². The fourth-order valence-corrected chi connectivity index (χ4v) is 5.55. The lowest BCUT2D eigenvalue weighted by molar-refractivity contribution is -0.144. The number of carbonyl (C=O) groups is 2. The summed E-state index contributed by atoms with van der Waals surface area (Å²) in [5.74, 6) is -0.376. The molecule has 1 aromatic rings. The highest BCUT2D eigenvalue weighted by molar-refractivity contribution is 5.79. The third-order valence-corrected chi connectivity index (χ3v) is 7.32. The highest BCUT2D eigenvalue weighted by Crippen LogP contribution is 2.45. The molecule has 1 amide bonds. The first-order valence-corrected chi connectivity index (χ1v) is 13.2. The van der Waals surface area contributed by atoms with Gasteiger partial charge in [-0.25, -0.2) is 0 Å². The van der Waals surface area contributed by atoms with Gasteiger partial charge in [0, 0.05) is 31.6 Å². The molecule has 0 saturated carbocycles. The molecule has 200 valence electrons. The predicted octanol–water partition coefficient (Wildman–Crippen LogP) is 3.85. The Balaban J connectivity index is 1.91. The average molecular weight is 502 g/mol. The number of benzene rings is 1. The van der Waals surface area contributed by atoms with Crippen molar-refractivity contribution in [2.24, 2.45) is 17.1 Å². The highest BCUT2D eigenvalue weighted by Gasteiger charge is 2.48. The summed E-state index contributed by atoms with van der Waals surface area (Å²) in [6.45, 7) is 11.1. The first-order chi connectivity index (χ1) is 17.2. The Kier molecular flexibility index (Phi) is 9.79. The number of likely N-dealkylation sites (tertiary alicyclic amines) is 1. The highest BCUT2D eigenvalue weighted by atomic mass is 16.7. The van der Waals surface area contributed by atoms with Crippen molar-refractivity contribution in [3.63, 3.8) is 0 Å². The fourth-order valence-electron chi connectivity index (χ4n) is 5.55. The van der Waals surface area contributed by atoms with Crippen LogP contribution in [-0.4, -0.2) is 72.3 Å². The van der Waals surface area contributed by atoms with Crippen LogP contribution in [0.3, 0.4) is 0 Å². The first kappa shape index (κ1) is 28.0. The Bertz CT molecular complexity index is 924. The molecule has 3 rings (SSSR count). The summed E-state index contributed by atoms with van der Waals surface area (Å²) >= 11 is 0. The van der Waals surface area contributed by atoms with E-state index in [4.69, 9.17) is 15.2 Å². The molecule has 3 atom stereocenters. The Morgan fingerprint density at radius 2 is 1.94 bits per heavy atom. The second-order valence-corrected chi connectivity index (χ2v) is 10.6. The van der Waals surface area contributed by atoms with E-state index in [1.807, 2.05) is 36.1 Å². The van der Waals surface area contributed by atoms with Crippen molar-refractivity contribution >= 4 is 11.9 Å². The van der Waals surface area contributed by atoms with E-state index in [0.717, 1.165) is 24.8 Å². The van der Waals surface area contributed by atoms with Crippen LogP contribution in [0.1, 0.15) is 64.9 Å². The molecule has 2 aliphatic heterocycles. The smallest absolute Gasteiger partial charge is 0.308 e. The van der Waals surface area contributed by atoms with Crippen LogP contribution in [0.15, 0.2) is 30.4 Å². The Morgan fingerprint density at radius 3 is 2.61 bits per heavy atom. The molecule has 2 heterocycles. The number of fused-ring (bicyclic) bond motifs is 1. The van der Waals surface area contributed by atoms with Crippen molar-refractivity contribution in [3.8, 4) is 11.5 Å². The van der Waals surface area contributed by atoms with Gasteiger partial charge < -0.3 is 25.2 Å². The molecular weight excluding hydrogens is 458 g/mol. The van der Waals surface area contributed by atoms with Gasteiger partial charge in [-0.05, 0) is 55.8 Å². The van der Waals surface area contributed by atoms with Crippen molar-refractivity contribution in [2.75, 3.05) is 39.5 Å². The molecule has 3 N–H and O–H groups in total. The number of aliphatic carboxylic acids is 1. The molecule has 1 aromatic carbocycles. The van der Waals surface area contributed by atoms with Crippen LogP contribution in [0.25, 0.3) is 0 Å². The normalized spacial score (nSPS) is 21.9. The Hall–Kier alpha value is -2.58. The molecule has 0 spiro atoms. The van der Waals surface area contributed by atoms with Crippen molar-refractivity contribution in [1.29, 1.82) is 0 Å². The van der Waals surface area contributed by atoms with E-state index in [0.29, 0.717) is 44.1 Å². The van der Waals surface area contributed by atoms with Gasteiger partial charge in [0.1, 0.15) is 0 Å². The summed E-state index contributed by atoms with van der Waals surface area (Å²) in [6.07, 6.45) is 7.46. The van der Waals surface area contributed by atoms with Gasteiger partial charge in [-0.15, -0.1) is 0 Å². The number of hydrogen-bond acceptors (Lipinski definition) is 6. The van der Waals surface area contributed by atoms with Crippen LogP contribution in [0.4, 0.5) is 0 Å². The Morgan fingerprint density at radius 1 is 1.22 bits per heavy atom. The third-order valence-electron chi connectivity index (χ3n) is 7.32. The second kappa shape index (κ2) is 12.6. The lowest BCUT2D eigenvalue weighted by Crippen LogP contribution is -2.46. The van der Waals surface area contributed by atoms with E-state index in [2.05, 4.69) is 31.7 Å². The summed E-state index contributed by atoms with van der Waals surface area (Å²) < 4.78 is 11.0. The molecule has 36 heavy (non-hydrogen) atoms. The zero-order valence-electron chi connectivity index (χ0n) is 22.2. The fraction of sp³-hybridized carbons (Fsp3) is 0.643. The van der Waals surface area contributed by atoms with E-state index in [-0.39, 0.29) is 36.6 Å². The lowest BCUT2D eigenvalue weighted by atomic mass is 9.77. The average Bonchev–Trinajstić information content (AvgIpc) is 3.43. The van der Waals surface area contributed by atoms with Crippen LogP contribution < -0.4 is 15.2 Å². The third kappa shape index (κ3) is 6.79. The van der Waals surface area contributed by atoms with E-state index < -0.39 is 11.9 Å². The zero-order chi connectivity index (χ0) is 26.3. The lowest BCUT2D eigenvalue weighted by Gasteiger charge is -2.34. The summed E-state index contributed by atoms with van der Waals surface area (Å²) in [5, 5.41) is 10.4. The zero-order valence-corrected chi connectivity index (χ0v) is 22.2. The maximum atomic E-state index is 13.5. The number of carboxylic acids is 1. The van der Waals surface area contributed by atoms with Gasteiger partial charge in [0.15, 0.2) is 11.5 Å². The van der Waals surface area contributed by atoms with Gasteiger partial charge in [0.2, 0.25) is 12.7 Å². The van der Waals surface area contributed by atoms with E-state index in [1.54, 1.807) is 0 Å². The quantitative estimate of drug-likeness (QED) is 0.396. The van der Waals surface area contributed by atoms with Gasteiger partial charge in [-0.3, -0.25) is 14.5 Å². The minimum atomic E-state index is -0.833. The number of carbonyl (C=O) groups excluding carboxylic acids is 1. The van der Waals surface area contributed by atoms with Crippen LogP contribution in [-0.2, 0) is 9.59 Å². The minimum absolute atomic E-state index is 0.0428. The molecule has 2 aliphatic rings. The predicted molar refractivity (Wildman–Crippen MR) is 140 cm³/mol. The topological polar surface area (TPSA) is 105 Å². The molecule has 0 aromatic heterocycles. The summed E-state index contributed by atoms with van der Waals surface area (Å²) in [5.41, 5.74) is 6.42. The van der Waals surface area contributed by atoms with Crippen LogP contribution >= 0.6 is 0 Å². The van der Waals surface area contributed by atoms with E-state index >= 15 is 0 Å². The standard InChI is InChI=1S/C28H43N3O5/c1-5-7-13-30(14-8-12-29)25(32)18-31-17-21(20-9-10-23-24(15-20)36-19-35-23)26(27(33)34)22(31)16-28(3,4)11-6-2/h6,9-11,15,21-22,26H,5,7-8,12-14,16-19,29H2,1-4H3,(H,33,34)/t21-,22+,26-/m1/s1. The van der Waals surface area contributed by atoms with Crippen molar-refractivity contribution < 1.29 is 24.2 Å². The number of unbranched alkanes of at least 4 members (excludes halogenated alkanes) is 1. The van der Waals surface area contributed by atoms with Gasteiger partial charge in [-0.2, -0.15) is 0 Å². The number of nitrogens with two attached hydrogens (primary N) is 1. The molecule has 0 unspecified atom stereocenters. The van der Waals surface area contributed by atoms with Gasteiger partial charge >= 0.3 is 5.97 Å². The molecule has 1 saturated heterocycles. The second-order valence-electron chi connectivity index (χ2n) is 10.6. The Labute approximate surface area is 215 Å². The monoisotopic (exact) mass is 501 g/mol. The number of nitrogens with zero attached hydrogens (tertiary/aromatic N) is 2. The summed E-state index contributed by atoms with van der Waals surface area (Å²) in [6, 6.07) is 5.40. The first-order valence-electron chi connectivity index (χ1n) is 13.2. The molecule has 8 nitrogen and oxygen atoms in total. The molecule has 1 fully saturated rings. The molecule has 0 bridgehead atoms. The number of allylic oxidation sites excluding steroid dienone is 2. The number of ether oxygens (including phenoxy) is 2. The van der Waals surface area contributed by atoms with Crippen molar-refractivity contribution in [3.05, 3.63) is 35.9 Å². The number of carboxylic acid groups (broad SMARTS) is 1. The summed E-state index contributed by atoms with van der Waals surface area (Å²) in [4.78, 5) is 30.2. The van der Waals surface area contributed by atoms with Crippen molar-refractivity contribution in [1.82, 2.24) is 9.80 Å². The number of hydrogen-bond donors (Lipinski definition) is 2. The molecule has 0 radical (unpaired) electrons. The van der Waals surface area contributed by atoms with Gasteiger partial charge in [0.05, 0.1) is 12.5 Å². The van der Waals surface area contributed by atoms with Gasteiger partial charge in [-0.1, -0.05) is 45.4 Å².